The van der Waals surface area contributed by atoms with E-state index < -0.39 is 0 Å². The largest absolute Gasteiger partial charge is 0.458 e. The van der Waals surface area contributed by atoms with Gasteiger partial charge in [0.25, 0.3) is 6.71 Å². The average molecular weight is 634 g/mol. The summed E-state index contributed by atoms with van der Waals surface area (Å²) in [5.74, 6) is 3.41. The monoisotopic (exact) mass is 633 g/mol. The van der Waals surface area contributed by atoms with E-state index in [2.05, 4.69) is 153 Å². The lowest BCUT2D eigenvalue weighted by atomic mass is 9.34. The molecule has 0 fully saturated rings. The zero-order valence-electron chi connectivity index (χ0n) is 27.5. The molecule has 2 aliphatic rings. The Balaban J connectivity index is 1.23. The summed E-state index contributed by atoms with van der Waals surface area (Å²) in [6.45, 7) is 6.71. The van der Waals surface area contributed by atoms with Gasteiger partial charge in [0, 0.05) is 39.1 Å². The van der Waals surface area contributed by atoms with Crippen LogP contribution in [0.15, 0.2) is 144 Å². The van der Waals surface area contributed by atoms with Gasteiger partial charge in [-0.05, 0) is 81.9 Å². The van der Waals surface area contributed by atoms with Gasteiger partial charge in [-0.2, -0.15) is 0 Å². The number of anilines is 3. The molecule has 3 heterocycles. The average Bonchev–Trinajstić information content (AvgIpc) is 3.48. The van der Waals surface area contributed by atoms with E-state index in [9.17, 15) is 0 Å². The summed E-state index contributed by atoms with van der Waals surface area (Å²) in [7, 11) is 0. The van der Waals surface area contributed by atoms with Crippen molar-refractivity contribution < 1.29 is 13.9 Å². The van der Waals surface area contributed by atoms with Gasteiger partial charge in [-0.25, -0.2) is 0 Å². The molecule has 0 bridgehead atoms. The van der Waals surface area contributed by atoms with Crippen molar-refractivity contribution >= 4 is 72.9 Å². The molecule has 8 aromatic rings. The Morgan fingerprint density at radius 1 is 0.510 bits per heavy atom. The SMILES string of the molecule is CC(C)(C)c1ccc2c(c1)B1c3cc4oc5cc(N(c6ccccc6)c6ccccc6)c6ccccc6c5c4cc3Oc3cccc(c31)O2. The first-order valence-corrected chi connectivity index (χ1v) is 16.9. The molecule has 0 saturated carbocycles. The van der Waals surface area contributed by atoms with Crippen LogP contribution in [0.2, 0.25) is 0 Å². The molecule has 1 aromatic heterocycles. The minimum Gasteiger partial charge on any atom is -0.458 e. The third-order valence-corrected chi connectivity index (χ3v) is 10.1. The smallest absolute Gasteiger partial charge is 0.260 e. The fourth-order valence-electron chi connectivity index (χ4n) is 7.78. The highest BCUT2D eigenvalue weighted by Gasteiger charge is 2.41. The summed E-state index contributed by atoms with van der Waals surface area (Å²) in [6, 6.07) is 49.0. The summed E-state index contributed by atoms with van der Waals surface area (Å²) < 4.78 is 20.1. The number of furan rings is 1. The predicted octanol–water partition coefficient (Wildman–Crippen LogP) is 10.2. The zero-order chi connectivity index (χ0) is 32.9. The molecule has 0 aliphatic carbocycles. The van der Waals surface area contributed by atoms with Crippen molar-refractivity contribution in [3.05, 3.63) is 145 Å². The number of hydrogen-bond donors (Lipinski definition) is 0. The Morgan fingerprint density at radius 2 is 1.14 bits per heavy atom. The number of rotatable bonds is 3. The molecule has 0 spiro atoms. The Bertz CT molecular complexity index is 2560. The van der Waals surface area contributed by atoms with Crippen molar-refractivity contribution in [2.45, 2.75) is 26.2 Å². The van der Waals surface area contributed by atoms with Gasteiger partial charge in [-0.1, -0.05) is 99.6 Å². The second-order valence-electron chi connectivity index (χ2n) is 14.1. The highest BCUT2D eigenvalue weighted by molar-refractivity contribution is 6.98. The molecule has 234 valence electrons. The van der Waals surface area contributed by atoms with E-state index in [1.807, 2.05) is 12.1 Å². The second kappa shape index (κ2) is 10.3. The summed E-state index contributed by atoms with van der Waals surface area (Å²) in [6.07, 6.45) is 0. The zero-order valence-corrected chi connectivity index (χ0v) is 27.5. The molecule has 0 N–H and O–H groups in total. The fourth-order valence-corrected chi connectivity index (χ4v) is 7.78. The van der Waals surface area contributed by atoms with Crippen LogP contribution in [0.4, 0.5) is 17.1 Å². The van der Waals surface area contributed by atoms with Gasteiger partial charge in [0.2, 0.25) is 0 Å². The van der Waals surface area contributed by atoms with Gasteiger partial charge in [0.15, 0.2) is 0 Å². The highest BCUT2D eigenvalue weighted by Crippen LogP contribution is 2.45. The van der Waals surface area contributed by atoms with Crippen LogP contribution in [0.25, 0.3) is 32.7 Å². The molecule has 7 aromatic carbocycles. The van der Waals surface area contributed by atoms with Crippen molar-refractivity contribution in [1.82, 2.24) is 0 Å². The third-order valence-electron chi connectivity index (χ3n) is 10.1. The van der Waals surface area contributed by atoms with Gasteiger partial charge < -0.3 is 18.8 Å². The molecule has 49 heavy (non-hydrogen) atoms. The van der Waals surface area contributed by atoms with Crippen LogP contribution in [0.3, 0.4) is 0 Å². The Morgan fingerprint density at radius 3 is 1.84 bits per heavy atom. The lowest BCUT2D eigenvalue weighted by Gasteiger charge is -2.33. The van der Waals surface area contributed by atoms with Gasteiger partial charge >= 0.3 is 0 Å². The fraction of sp³-hybridized carbons (Fsp3) is 0.0909. The maximum atomic E-state index is 6.87. The summed E-state index contributed by atoms with van der Waals surface area (Å²) in [5.41, 5.74) is 9.48. The first-order valence-electron chi connectivity index (χ1n) is 16.9. The van der Waals surface area contributed by atoms with E-state index in [-0.39, 0.29) is 12.1 Å². The van der Waals surface area contributed by atoms with Crippen molar-refractivity contribution in [3.8, 4) is 23.0 Å². The molecule has 5 heteroatoms. The van der Waals surface area contributed by atoms with Crippen LogP contribution in [-0.2, 0) is 5.41 Å². The van der Waals surface area contributed by atoms with Crippen LogP contribution in [0, 0.1) is 0 Å². The van der Waals surface area contributed by atoms with Crippen molar-refractivity contribution in [3.63, 3.8) is 0 Å². The van der Waals surface area contributed by atoms with Crippen molar-refractivity contribution in [1.29, 1.82) is 0 Å². The van der Waals surface area contributed by atoms with Crippen LogP contribution in [0.5, 0.6) is 23.0 Å². The van der Waals surface area contributed by atoms with Crippen LogP contribution >= 0.6 is 0 Å². The van der Waals surface area contributed by atoms with Crippen LogP contribution in [-0.4, -0.2) is 6.71 Å². The molecular weight excluding hydrogens is 601 g/mol. The van der Waals surface area contributed by atoms with Gasteiger partial charge in [0.05, 0.1) is 5.69 Å². The van der Waals surface area contributed by atoms with Crippen LogP contribution in [0.1, 0.15) is 26.3 Å². The Hall–Kier alpha value is -5.94. The third kappa shape index (κ3) is 4.25. The van der Waals surface area contributed by atoms with E-state index in [4.69, 9.17) is 13.9 Å². The molecule has 0 radical (unpaired) electrons. The van der Waals surface area contributed by atoms with E-state index in [0.717, 1.165) is 89.2 Å². The maximum absolute atomic E-state index is 6.87. The first kappa shape index (κ1) is 28.1. The number of hydrogen-bond acceptors (Lipinski definition) is 4. The molecule has 4 nitrogen and oxygen atoms in total. The summed E-state index contributed by atoms with van der Waals surface area (Å²) in [4.78, 5) is 2.31. The molecule has 10 rings (SSSR count). The topological polar surface area (TPSA) is 34.8 Å². The molecule has 0 atom stereocenters. The van der Waals surface area contributed by atoms with E-state index >= 15 is 0 Å². The number of benzene rings is 7. The molecule has 0 unspecified atom stereocenters. The highest BCUT2D eigenvalue weighted by atomic mass is 16.5. The first-order chi connectivity index (χ1) is 23.9. The molecular formula is C44H32BNO3. The minimum absolute atomic E-state index is 0.00232. The van der Waals surface area contributed by atoms with E-state index in [1.165, 1.54) is 5.56 Å². The molecule has 0 saturated heterocycles. The number of fused-ring (bicyclic) bond motifs is 9. The quantitative estimate of drug-likeness (QED) is 0.181. The second-order valence-corrected chi connectivity index (χ2v) is 14.1. The number of para-hydroxylation sites is 2. The van der Waals surface area contributed by atoms with E-state index in [1.54, 1.807) is 0 Å². The lowest BCUT2D eigenvalue weighted by molar-refractivity contribution is 0.464. The van der Waals surface area contributed by atoms with Gasteiger partial charge in [-0.3, -0.25) is 0 Å². The molecule has 2 aliphatic heterocycles. The minimum atomic E-state index is -0.0439. The van der Waals surface area contributed by atoms with Gasteiger partial charge in [0.1, 0.15) is 34.2 Å². The maximum Gasteiger partial charge on any atom is 0.260 e. The van der Waals surface area contributed by atoms with Crippen LogP contribution < -0.4 is 30.8 Å². The Kier molecular flexibility index (Phi) is 5.90. The Labute approximate surface area is 285 Å². The van der Waals surface area contributed by atoms with E-state index in [0.29, 0.717) is 0 Å². The summed E-state index contributed by atoms with van der Waals surface area (Å²) >= 11 is 0. The standard InChI is InChI=1S/C44H32BNO3/c1-44(2,3)27-21-22-36-33(23-27)45-34-25-39-32(24-40(34)48-38-20-12-19-37(47-36)43(38)45)42-31-18-11-10-17-30(31)35(26-41(42)49-39)46(28-13-6-4-7-14-28)29-15-8-5-9-16-29/h4-26H,1-3H3. The predicted molar refractivity (Wildman–Crippen MR) is 202 cm³/mol. The summed E-state index contributed by atoms with van der Waals surface area (Å²) in [5, 5.41) is 4.41. The lowest BCUT2D eigenvalue weighted by Crippen LogP contribution is -2.57. The number of nitrogens with zero attached hydrogens (tertiary/aromatic N) is 1. The normalized spacial score (nSPS) is 13.1. The van der Waals surface area contributed by atoms with Crippen molar-refractivity contribution in [2.75, 3.05) is 4.90 Å². The van der Waals surface area contributed by atoms with Crippen molar-refractivity contribution in [2.24, 2.45) is 0 Å². The number of ether oxygens (including phenoxy) is 2. The van der Waals surface area contributed by atoms with Gasteiger partial charge in [-0.15, -0.1) is 0 Å². The molecule has 0 amide bonds.